The Morgan fingerprint density at radius 1 is 1.11 bits per heavy atom. The maximum Gasteiger partial charge on any atom is 0.226 e. The van der Waals surface area contributed by atoms with Crippen LogP contribution in [0.15, 0.2) is 36.7 Å². The number of pyridine rings is 1. The van der Waals surface area contributed by atoms with E-state index in [2.05, 4.69) is 20.4 Å². The number of hydrogen-bond acceptors (Lipinski definition) is 7. The van der Waals surface area contributed by atoms with Crippen molar-refractivity contribution < 1.29 is 18.6 Å². The first-order chi connectivity index (χ1) is 17.5. The molecule has 11 heteroatoms. The predicted octanol–water partition coefficient (Wildman–Crippen LogP) is 4.18. The SMILES string of the molecule is CCOc1cc(F)c(Cn2nc(-c3nc(Nc4ccncc4)n(CCO)n3)c(C)c2C2CC2)c(F)c1. The number of nitrogens with zero attached hydrogens (tertiary/aromatic N) is 6. The second kappa shape index (κ2) is 10.0. The van der Waals surface area contributed by atoms with Crippen LogP contribution in [0.3, 0.4) is 0 Å². The molecule has 2 N–H and O–H groups in total. The van der Waals surface area contributed by atoms with Gasteiger partial charge in [0, 0.05) is 53.0 Å². The standard InChI is InChI=1S/C25H27F2N7O2/c1-3-36-18-12-20(26)19(21(27)13-18)14-34-23(16-4-5-16)15(2)22(31-34)24-30-25(33(32-24)10-11-35)29-17-6-8-28-9-7-17/h6-9,12-13,16,35H,3-5,10-11,14H2,1-2H3,(H,28,29,30,32). The van der Waals surface area contributed by atoms with Gasteiger partial charge in [-0.3, -0.25) is 9.67 Å². The smallest absolute Gasteiger partial charge is 0.226 e. The fraction of sp³-hybridized carbons (Fsp3) is 0.360. The van der Waals surface area contributed by atoms with Crippen LogP contribution in [0, 0.1) is 18.6 Å². The van der Waals surface area contributed by atoms with Crippen LogP contribution in [-0.2, 0) is 13.1 Å². The van der Waals surface area contributed by atoms with E-state index in [-0.39, 0.29) is 36.9 Å². The van der Waals surface area contributed by atoms with Crippen LogP contribution < -0.4 is 10.1 Å². The largest absolute Gasteiger partial charge is 0.494 e. The van der Waals surface area contributed by atoms with E-state index in [1.165, 1.54) is 12.1 Å². The summed E-state index contributed by atoms with van der Waals surface area (Å²) in [5.74, 6) is -0.118. The van der Waals surface area contributed by atoms with Crippen molar-refractivity contribution in [3.63, 3.8) is 0 Å². The summed E-state index contributed by atoms with van der Waals surface area (Å²) in [5, 5.41) is 22.0. The van der Waals surface area contributed by atoms with Crippen molar-refractivity contribution in [2.75, 3.05) is 18.5 Å². The van der Waals surface area contributed by atoms with Gasteiger partial charge in [0.25, 0.3) is 0 Å². The summed E-state index contributed by atoms with van der Waals surface area (Å²) >= 11 is 0. The van der Waals surface area contributed by atoms with E-state index >= 15 is 0 Å². The van der Waals surface area contributed by atoms with E-state index in [0.717, 1.165) is 29.8 Å². The maximum atomic E-state index is 14.8. The molecule has 0 aliphatic heterocycles. The summed E-state index contributed by atoms with van der Waals surface area (Å²) in [6.45, 7) is 4.06. The molecule has 0 bridgehead atoms. The summed E-state index contributed by atoms with van der Waals surface area (Å²) in [6.07, 6.45) is 5.29. The van der Waals surface area contributed by atoms with Crippen molar-refractivity contribution in [3.05, 3.63) is 65.1 Å². The van der Waals surface area contributed by atoms with E-state index in [1.807, 2.05) is 6.92 Å². The molecule has 0 atom stereocenters. The molecule has 0 amide bonds. The van der Waals surface area contributed by atoms with E-state index in [1.54, 1.807) is 40.8 Å². The molecule has 5 rings (SSSR count). The molecule has 3 aromatic heterocycles. The van der Waals surface area contributed by atoms with Crippen LogP contribution >= 0.6 is 0 Å². The highest BCUT2D eigenvalue weighted by Crippen LogP contribution is 2.44. The highest BCUT2D eigenvalue weighted by Gasteiger charge is 2.33. The number of aliphatic hydroxyl groups excluding tert-OH is 1. The summed E-state index contributed by atoms with van der Waals surface area (Å²) < 4.78 is 38.1. The Hall–Kier alpha value is -3.86. The molecule has 9 nitrogen and oxygen atoms in total. The number of anilines is 2. The van der Waals surface area contributed by atoms with Crippen molar-refractivity contribution in [1.29, 1.82) is 0 Å². The molecule has 0 saturated heterocycles. The van der Waals surface area contributed by atoms with Crippen molar-refractivity contribution in [1.82, 2.24) is 29.5 Å². The fourth-order valence-electron chi connectivity index (χ4n) is 4.25. The molecule has 188 valence electrons. The van der Waals surface area contributed by atoms with E-state index in [0.29, 0.717) is 24.1 Å². The first-order valence-electron chi connectivity index (χ1n) is 11.9. The topological polar surface area (TPSA) is 103 Å². The molecule has 1 aliphatic rings. The van der Waals surface area contributed by atoms with Gasteiger partial charge in [0.1, 0.15) is 23.1 Å². The Balaban J connectivity index is 1.52. The molecule has 3 heterocycles. The quantitative estimate of drug-likeness (QED) is 0.340. The van der Waals surface area contributed by atoms with Crippen LogP contribution in [-0.4, -0.2) is 47.8 Å². The van der Waals surface area contributed by atoms with Crippen LogP contribution in [0.5, 0.6) is 5.75 Å². The van der Waals surface area contributed by atoms with Crippen LogP contribution in [0.2, 0.25) is 0 Å². The van der Waals surface area contributed by atoms with Crippen molar-refractivity contribution >= 4 is 11.6 Å². The summed E-state index contributed by atoms with van der Waals surface area (Å²) in [7, 11) is 0. The molecule has 1 aliphatic carbocycles. The number of hydrogen-bond donors (Lipinski definition) is 2. The van der Waals surface area contributed by atoms with Gasteiger partial charge in [-0.2, -0.15) is 10.1 Å². The number of aliphatic hydroxyl groups is 1. The zero-order chi connectivity index (χ0) is 25.2. The second-order valence-electron chi connectivity index (χ2n) is 8.66. The highest BCUT2D eigenvalue weighted by molar-refractivity contribution is 5.61. The average molecular weight is 496 g/mol. The third-order valence-corrected chi connectivity index (χ3v) is 6.07. The molecule has 0 radical (unpaired) electrons. The lowest BCUT2D eigenvalue weighted by Gasteiger charge is -2.11. The zero-order valence-corrected chi connectivity index (χ0v) is 20.1. The van der Waals surface area contributed by atoms with E-state index in [9.17, 15) is 13.9 Å². The number of aromatic nitrogens is 6. The molecule has 4 aromatic rings. The van der Waals surface area contributed by atoms with Gasteiger partial charge in [0.2, 0.25) is 11.8 Å². The van der Waals surface area contributed by atoms with E-state index in [4.69, 9.17) is 9.84 Å². The zero-order valence-electron chi connectivity index (χ0n) is 20.1. The Morgan fingerprint density at radius 2 is 1.83 bits per heavy atom. The first-order valence-corrected chi connectivity index (χ1v) is 11.9. The molecule has 0 unspecified atom stereocenters. The van der Waals surface area contributed by atoms with Gasteiger partial charge in [0.15, 0.2) is 0 Å². The molecule has 1 aromatic carbocycles. The van der Waals surface area contributed by atoms with Gasteiger partial charge >= 0.3 is 0 Å². The lowest BCUT2D eigenvalue weighted by Crippen LogP contribution is -2.10. The molecule has 1 fully saturated rings. The summed E-state index contributed by atoms with van der Waals surface area (Å²) in [5.41, 5.74) is 3.04. The van der Waals surface area contributed by atoms with Crippen LogP contribution in [0.4, 0.5) is 20.4 Å². The Morgan fingerprint density at radius 3 is 2.47 bits per heavy atom. The summed E-state index contributed by atoms with van der Waals surface area (Å²) in [4.78, 5) is 8.64. The number of ether oxygens (including phenoxy) is 1. The first kappa shape index (κ1) is 23.9. The van der Waals surface area contributed by atoms with Gasteiger partial charge in [-0.1, -0.05) is 0 Å². The fourth-order valence-corrected chi connectivity index (χ4v) is 4.25. The Labute approximate surface area is 206 Å². The monoisotopic (exact) mass is 495 g/mol. The van der Waals surface area contributed by atoms with Gasteiger partial charge in [-0.25, -0.2) is 13.5 Å². The third-order valence-electron chi connectivity index (χ3n) is 6.07. The van der Waals surface area contributed by atoms with Crippen molar-refractivity contribution in [3.8, 4) is 17.3 Å². The number of benzene rings is 1. The Kier molecular flexibility index (Phi) is 6.64. The maximum absolute atomic E-state index is 14.8. The third kappa shape index (κ3) is 4.78. The predicted molar refractivity (Wildman–Crippen MR) is 129 cm³/mol. The number of nitrogens with one attached hydrogen (secondary N) is 1. The van der Waals surface area contributed by atoms with E-state index < -0.39 is 11.6 Å². The highest BCUT2D eigenvalue weighted by atomic mass is 19.1. The van der Waals surface area contributed by atoms with Gasteiger partial charge in [-0.15, -0.1) is 5.10 Å². The lowest BCUT2D eigenvalue weighted by atomic mass is 10.1. The second-order valence-corrected chi connectivity index (χ2v) is 8.66. The normalized spacial score (nSPS) is 13.2. The average Bonchev–Trinajstić information content (AvgIpc) is 3.53. The summed E-state index contributed by atoms with van der Waals surface area (Å²) in [6, 6.07) is 5.99. The van der Waals surface area contributed by atoms with Gasteiger partial charge < -0.3 is 15.2 Å². The minimum atomic E-state index is -0.677. The molecule has 36 heavy (non-hydrogen) atoms. The molecule has 0 spiro atoms. The minimum Gasteiger partial charge on any atom is -0.494 e. The number of rotatable bonds is 10. The van der Waals surface area contributed by atoms with Gasteiger partial charge in [-0.05, 0) is 38.8 Å². The van der Waals surface area contributed by atoms with Crippen molar-refractivity contribution in [2.24, 2.45) is 0 Å². The van der Waals surface area contributed by atoms with Crippen molar-refractivity contribution in [2.45, 2.75) is 45.7 Å². The number of halogens is 2. The van der Waals surface area contributed by atoms with Gasteiger partial charge in [0.05, 0.1) is 26.3 Å². The minimum absolute atomic E-state index is 0.0593. The molecule has 1 saturated carbocycles. The molecular weight excluding hydrogens is 468 g/mol. The Bertz CT molecular complexity index is 1340. The van der Waals surface area contributed by atoms with Crippen LogP contribution in [0.25, 0.3) is 11.5 Å². The lowest BCUT2D eigenvalue weighted by molar-refractivity contribution is 0.270. The van der Waals surface area contributed by atoms with Crippen LogP contribution in [0.1, 0.15) is 42.5 Å². The molecular formula is C25H27F2N7O2.